The smallest absolute Gasteiger partial charge is 0.348 e. The summed E-state index contributed by atoms with van der Waals surface area (Å²) in [5.41, 5.74) is 3.44. The number of halogens is 3. The van der Waals surface area contributed by atoms with Gasteiger partial charge < -0.3 is 10.3 Å². The van der Waals surface area contributed by atoms with Crippen molar-refractivity contribution in [2.75, 3.05) is 6.54 Å². The summed E-state index contributed by atoms with van der Waals surface area (Å²) in [6.07, 6.45) is -2.24. The summed E-state index contributed by atoms with van der Waals surface area (Å²) in [4.78, 5) is 29.8. The molecule has 9 heteroatoms. The number of hydrogen-bond acceptors (Lipinski definition) is 3. The molecule has 25 heavy (non-hydrogen) atoms. The first kappa shape index (κ1) is 17.2. The quantitative estimate of drug-likeness (QED) is 0.667. The largest absolute Gasteiger partial charge is 0.471 e. The van der Waals surface area contributed by atoms with E-state index in [2.05, 4.69) is 9.97 Å². The Morgan fingerprint density at radius 1 is 1.28 bits per heavy atom. The lowest BCUT2D eigenvalue weighted by Gasteiger charge is -2.08. The topological polar surface area (TPSA) is 79.3 Å². The Balaban J connectivity index is 1.57. The molecule has 0 spiro atoms. The number of unbranched alkanes of at least 4 members (excludes halogenated alkanes) is 2. The van der Waals surface area contributed by atoms with Crippen molar-refractivity contribution in [3.05, 3.63) is 33.7 Å². The van der Waals surface area contributed by atoms with Crippen LogP contribution in [0.2, 0.25) is 0 Å². The van der Waals surface area contributed by atoms with Crippen molar-refractivity contribution in [1.82, 2.24) is 19.7 Å². The van der Waals surface area contributed by atoms with Gasteiger partial charge in [-0.2, -0.15) is 13.2 Å². The highest BCUT2D eigenvalue weighted by Gasteiger charge is 2.38. The van der Waals surface area contributed by atoms with Crippen LogP contribution >= 0.6 is 0 Å². The highest BCUT2D eigenvalue weighted by Crippen LogP contribution is 2.20. The summed E-state index contributed by atoms with van der Waals surface area (Å²) in [5, 5.41) is 1.86. The van der Waals surface area contributed by atoms with E-state index in [-0.39, 0.29) is 12.1 Å². The van der Waals surface area contributed by atoms with Crippen LogP contribution in [-0.4, -0.2) is 33.0 Å². The zero-order valence-corrected chi connectivity index (χ0v) is 13.5. The maximum absolute atomic E-state index is 12.0. The molecule has 0 aliphatic carbocycles. The molecule has 0 saturated carbocycles. The van der Waals surface area contributed by atoms with Crippen LogP contribution in [0.25, 0.3) is 16.8 Å². The number of nitrogens with zero attached hydrogens (tertiary/aromatic N) is 2. The monoisotopic (exact) mass is 354 g/mol. The Morgan fingerprint density at radius 3 is 2.76 bits per heavy atom. The number of amides is 1. The third kappa shape index (κ3) is 3.31. The van der Waals surface area contributed by atoms with E-state index < -0.39 is 12.1 Å². The van der Waals surface area contributed by atoms with Crippen LogP contribution in [0.4, 0.5) is 13.2 Å². The van der Waals surface area contributed by atoms with Crippen molar-refractivity contribution >= 4 is 22.7 Å². The van der Waals surface area contributed by atoms with Gasteiger partial charge in [-0.1, -0.05) is 12.5 Å². The van der Waals surface area contributed by atoms with E-state index in [1.807, 2.05) is 17.4 Å². The minimum Gasteiger partial charge on any atom is -0.348 e. The van der Waals surface area contributed by atoms with Gasteiger partial charge in [0.25, 0.3) is 5.56 Å². The van der Waals surface area contributed by atoms with Crippen LogP contribution in [0.1, 0.15) is 30.5 Å². The van der Waals surface area contributed by atoms with E-state index in [4.69, 9.17) is 0 Å². The van der Waals surface area contributed by atoms with Crippen molar-refractivity contribution in [2.24, 2.45) is 0 Å². The molecule has 3 rings (SSSR count). The van der Waals surface area contributed by atoms with Gasteiger partial charge in [0.2, 0.25) is 0 Å². The van der Waals surface area contributed by atoms with E-state index >= 15 is 0 Å². The number of carbonyl (C=O) groups excluding carboxylic acids is 1. The van der Waals surface area contributed by atoms with Crippen LogP contribution in [0.3, 0.4) is 0 Å². The van der Waals surface area contributed by atoms with Crippen molar-refractivity contribution in [1.29, 1.82) is 0 Å². The molecule has 3 heterocycles. The fraction of sp³-hybridized carbons (Fsp3) is 0.438. The number of carbonyl (C=O) groups is 1. The van der Waals surface area contributed by atoms with Gasteiger partial charge in [0, 0.05) is 6.54 Å². The lowest BCUT2D eigenvalue weighted by atomic mass is 10.1. The lowest BCUT2D eigenvalue weighted by molar-refractivity contribution is -0.173. The summed E-state index contributed by atoms with van der Waals surface area (Å²) < 4.78 is 37.9. The van der Waals surface area contributed by atoms with Gasteiger partial charge in [-0.05, 0) is 37.8 Å². The van der Waals surface area contributed by atoms with Gasteiger partial charge in [0.1, 0.15) is 16.8 Å². The second kappa shape index (κ2) is 6.38. The highest BCUT2D eigenvalue weighted by molar-refractivity contribution is 5.81. The predicted octanol–water partition coefficient (Wildman–Crippen LogP) is 2.31. The molecular formula is C16H17F3N4O2. The van der Waals surface area contributed by atoms with Gasteiger partial charge in [0.15, 0.2) is 0 Å². The Bertz CT molecular complexity index is 958. The molecule has 0 unspecified atom stereocenters. The number of imidazole rings is 2. The lowest BCUT2D eigenvalue weighted by Crippen LogP contribution is -2.37. The summed E-state index contributed by atoms with van der Waals surface area (Å²) in [6, 6.07) is 3.72. The van der Waals surface area contributed by atoms with Crippen LogP contribution in [0, 0.1) is 6.92 Å². The molecule has 0 atom stereocenters. The number of rotatable bonds is 6. The molecule has 0 aromatic carbocycles. The molecule has 2 N–H and O–H groups in total. The average molecular weight is 354 g/mol. The number of aromatic amines is 1. The van der Waals surface area contributed by atoms with Crippen LogP contribution in [0.5, 0.6) is 0 Å². The maximum Gasteiger partial charge on any atom is 0.471 e. The number of H-pyrrole nitrogens is 1. The van der Waals surface area contributed by atoms with Gasteiger partial charge in [-0.3, -0.25) is 14.0 Å². The zero-order valence-electron chi connectivity index (χ0n) is 13.5. The Morgan fingerprint density at radius 2 is 2.04 bits per heavy atom. The van der Waals surface area contributed by atoms with Crippen molar-refractivity contribution in [2.45, 2.75) is 38.8 Å². The van der Waals surface area contributed by atoms with Gasteiger partial charge in [0.05, 0.1) is 5.69 Å². The van der Waals surface area contributed by atoms with Gasteiger partial charge in [-0.15, -0.1) is 0 Å². The average Bonchev–Trinajstić information content (AvgIpc) is 3.05. The van der Waals surface area contributed by atoms with Crippen LogP contribution in [-0.2, 0) is 11.2 Å². The molecule has 6 nitrogen and oxygen atoms in total. The second-order valence-corrected chi connectivity index (χ2v) is 5.97. The summed E-state index contributed by atoms with van der Waals surface area (Å²) >= 11 is 0. The first-order chi connectivity index (χ1) is 11.8. The van der Waals surface area contributed by atoms with Gasteiger partial charge >= 0.3 is 12.1 Å². The first-order valence-corrected chi connectivity index (χ1v) is 7.96. The molecule has 1 amide bonds. The third-order valence-corrected chi connectivity index (χ3v) is 4.14. The SMILES string of the molecule is Cc1nc2c(CCCCCNC(=O)C(F)(F)F)ccc3[nH]c(=O)c1n32. The fourth-order valence-electron chi connectivity index (χ4n) is 2.96. The van der Waals surface area contributed by atoms with Crippen LogP contribution < -0.4 is 10.9 Å². The fourth-order valence-corrected chi connectivity index (χ4v) is 2.96. The minimum atomic E-state index is -4.83. The molecule has 0 fully saturated rings. The maximum atomic E-state index is 12.0. The number of aryl methyl sites for hydroxylation is 2. The molecule has 0 radical (unpaired) electrons. The molecular weight excluding hydrogens is 337 g/mol. The Hall–Kier alpha value is -2.58. The normalized spacial score (nSPS) is 12.3. The van der Waals surface area contributed by atoms with E-state index in [9.17, 15) is 22.8 Å². The van der Waals surface area contributed by atoms with Crippen molar-refractivity contribution < 1.29 is 18.0 Å². The Labute approximate surface area is 140 Å². The van der Waals surface area contributed by atoms with Crippen molar-refractivity contribution in [3.63, 3.8) is 0 Å². The molecule has 0 aliphatic rings. The number of pyridine rings is 1. The number of hydrogen-bond donors (Lipinski definition) is 2. The second-order valence-electron chi connectivity index (χ2n) is 5.97. The van der Waals surface area contributed by atoms with E-state index in [1.54, 1.807) is 11.3 Å². The molecule has 134 valence electrons. The molecule has 3 aromatic heterocycles. The molecule has 0 saturated heterocycles. The van der Waals surface area contributed by atoms with Crippen molar-refractivity contribution in [3.8, 4) is 0 Å². The van der Waals surface area contributed by atoms with Crippen LogP contribution in [0.15, 0.2) is 16.9 Å². The summed E-state index contributed by atoms with van der Waals surface area (Å²) in [5.74, 6) is -1.90. The first-order valence-electron chi connectivity index (χ1n) is 7.96. The highest BCUT2D eigenvalue weighted by atomic mass is 19.4. The van der Waals surface area contributed by atoms with Gasteiger partial charge in [-0.25, -0.2) is 4.98 Å². The van der Waals surface area contributed by atoms with E-state index in [1.165, 1.54) is 0 Å². The minimum absolute atomic E-state index is 0.00224. The van der Waals surface area contributed by atoms with E-state index in [0.29, 0.717) is 36.1 Å². The standard InChI is InChI=1S/C16H17F3N4O2/c1-9-12-14(24)22-11-7-6-10(13(21-9)23(11)12)5-3-2-4-8-20-15(25)16(17,18)19/h6-7H,2-5,8H2,1H3,(H,20,25)(H,22,24). The molecule has 0 bridgehead atoms. The molecule has 0 aliphatic heterocycles. The number of alkyl halides is 3. The molecule has 3 aromatic rings. The van der Waals surface area contributed by atoms with E-state index in [0.717, 1.165) is 17.6 Å². The third-order valence-electron chi connectivity index (χ3n) is 4.14. The Kier molecular flexibility index (Phi) is 4.40. The predicted molar refractivity (Wildman–Crippen MR) is 85.9 cm³/mol. The number of nitrogens with one attached hydrogen (secondary N) is 2. The summed E-state index contributed by atoms with van der Waals surface area (Å²) in [7, 11) is 0. The zero-order chi connectivity index (χ0) is 18.2. The summed E-state index contributed by atoms with van der Waals surface area (Å²) in [6.45, 7) is 1.78. The number of aromatic nitrogens is 3.